The van der Waals surface area contributed by atoms with Crippen molar-refractivity contribution in [3.05, 3.63) is 81.8 Å². The zero-order chi connectivity index (χ0) is 19.3. The van der Waals surface area contributed by atoms with Crippen molar-refractivity contribution < 1.29 is 9.53 Å². The third-order valence-electron chi connectivity index (χ3n) is 4.72. The second kappa shape index (κ2) is 8.27. The molecule has 0 aliphatic heterocycles. The fourth-order valence-electron chi connectivity index (χ4n) is 3.28. The van der Waals surface area contributed by atoms with Gasteiger partial charge in [0.05, 0.1) is 12.0 Å². The third-order valence-corrected chi connectivity index (χ3v) is 5.67. The van der Waals surface area contributed by atoms with Gasteiger partial charge in [-0.05, 0) is 65.2 Å². The number of rotatable bonds is 7. The molecule has 2 N–H and O–H groups in total. The molecule has 0 unspecified atom stereocenters. The van der Waals surface area contributed by atoms with E-state index in [0.29, 0.717) is 13.0 Å². The summed E-state index contributed by atoms with van der Waals surface area (Å²) >= 11 is 1.48. The van der Waals surface area contributed by atoms with E-state index in [1.807, 2.05) is 54.0 Å². The van der Waals surface area contributed by atoms with E-state index in [1.54, 1.807) is 13.3 Å². The molecule has 3 aromatic heterocycles. The predicted octanol–water partition coefficient (Wildman–Crippen LogP) is 4.20. The first-order valence-electron chi connectivity index (χ1n) is 9.13. The number of thiophene rings is 1. The summed E-state index contributed by atoms with van der Waals surface area (Å²) in [6.45, 7) is 0.584. The van der Waals surface area contributed by atoms with E-state index >= 15 is 0 Å². The molecule has 0 atom stereocenters. The van der Waals surface area contributed by atoms with Crippen molar-refractivity contribution in [2.75, 3.05) is 13.7 Å². The summed E-state index contributed by atoms with van der Waals surface area (Å²) in [4.78, 5) is 20.9. The van der Waals surface area contributed by atoms with Crippen LogP contribution in [-0.4, -0.2) is 29.5 Å². The monoisotopic (exact) mass is 391 g/mol. The van der Waals surface area contributed by atoms with Crippen molar-refractivity contribution in [2.45, 2.75) is 12.8 Å². The van der Waals surface area contributed by atoms with Gasteiger partial charge in [-0.2, -0.15) is 0 Å². The van der Waals surface area contributed by atoms with Crippen molar-refractivity contribution in [2.24, 2.45) is 0 Å². The number of methoxy groups -OCH3 is 1. The number of ether oxygens (including phenoxy) is 1. The Morgan fingerprint density at radius 2 is 2.14 bits per heavy atom. The highest BCUT2D eigenvalue weighted by atomic mass is 32.1. The van der Waals surface area contributed by atoms with Crippen LogP contribution in [0.5, 0.6) is 5.75 Å². The van der Waals surface area contributed by atoms with Crippen LogP contribution < -0.4 is 10.1 Å². The minimum Gasteiger partial charge on any atom is -0.497 e. The van der Waals surface area contributed by atoms with Crippen LogP contribution in [0.15, 0.2) is 60.2 Å². The number of hydrogen-bond donors (Lipinski definition) is 2. The zero-order valence-corrected chi connectivity index (χ0v) is 16.4. The number of fused-ring (bicyclic) bond motifs is 1. The van der Waals surface area contributed by atoms with Gasteiger partial charge < -0.3 is 15.0 Å². The molecule has 4 aromatic rings. The summed E-state index contributed by atoms with van der Waals surface area (Å²) < 4.78 is 5.25. The highest BCUT2D eigenvalue weighted by Crippen LogP contribution is 2.24. The topological polar surface area (TPSA) is 67.0 Å². The molecule has 1 aromatic carbocycles. The van der Waals surface area contributed by atoms with Crippen LogP contribution in [0.3, 0.4) is 0 Å². The molecule has 0 radical (unpaired) electrons. The number of H-pyrrole nitrogens is 1. The van der Waals surface area contributed by atoms with Gasteiger partial charge in [-0.15, -0.1) is 11.3 Å². The molecule has 5 nitrogen and oxygen atoms in total. The van der Waals surface area contributed by atoms with Gasteiger partial charge in [-0.1, -0.05) is 12.1 Å². The van der Waals surface area contributed by atoms with Crippen LogP contribution >= 0.6 is 11.3 Å². The Balaban J connectivity index is 1.42. The molecule has 6 heteroatoms. The SMILES string of the molecule is COc1cccc(CCNC(=O)c2sccc2Cc2ccnc3[nH]ccc23)c1. The number of hydrogen-bond acceptors (Lipinski definition) is 4. The molecule has 28 heavy (non-hydrogen) atoms. The maximum Gasteiger partial charge on any atom is 0.261 e. The Morgan fingerprint density at radius 1 is 1.21 bits per heavy atom. The fourth-order valence-corrected chi connectivity index (χ4v) is 4.12. The summed E-state index contributed by atoms with van der Waals surface area (Å²) in [6.07, 6.45) is 5.16. The van der Waals surface area contributed by atoms with Crippen LogP contribution in [0.2, 0.25) is 0 Å². The lowest BCUT2D eigenvalue weighted by Crippen LogP contribution is -2.25. The van der Waals surface area contributed by atoms with Crippen molar-refractivity contribution >= 4 is 28.3 Å². The predicted molar refractivity (Wildman–Crippen MR) is 112 cm³/mol. The molecule has 1 amide bonds. The van der Waals surface area contributed by atoms with Crippen molar-refractivity contribution in [3.8, 4) is 5.75 Å². The largest absolute Gasteiger partial charge is 0.497 e. The van der Waals surface area contributed by atoms with Crippen LogP contribution in [0.4, 0.5) is 0 Å². The lowest BCUT2D eigenvalue weighted by Gasteiger charge is -2.08. The van der Waals surface area contributed by atoms with Gasteiger partial charge in [0.25, 0.3) is 5.91 Å². The normalized spacial score (nSPS) is 10.9. The quantitative estimate of drug-likeness (QED) is 0.496. The molecule has 0 saturated heterocycles. The molecular weight excluding hydrogens is 370 g/mol. The number of benzene rings is 1. The van der Waals surface area contributed by atoms with Gasteiger partial charge in [0.1, 0.15) is 11.4 Å². The van der Waals surface area contributed by atoms with Crippen LogP contribution in [0, 0.1) is 0 Å². The van der Waals surface area contributed by atoms with Gasteiger partial charge in [0.15, 0.2) is 0 Å². The number of carbonyl (C=O) groups is 1. The highest BCUT2D eigenvalue weighted by Gasteiger charge is 2.14. The van der Waals surface area contributed by atoms with E-state index in [2.05, 4.69) is 15.3 Å². The molecule has 0 aliphatic carbocycles. The van der Waals surface area contributed by atoms with E-state index < -0.39 is 0 Å². The lowest BCUT2D eigenvalue weighted by atomic mass is 10.0. The van der Waals surface area contributed by atoms with E-state index in [0.717, 1.165) is 44.8 Å². The van der Waals surface area contributed by atoms with Crippen molar-refractivity contribution in [3.63, 3.8) is 0 Å². The smallest absolute Gasteiger partial charge is 0.261 e. The Kier molecular flexibility index (Phi) is 5.39. The molecule has 3 heterocycles. The first-order valence-corrected chi connectivity index (χ1v) is 10.0. The second-order valence-corrected chi connectivity index (χ2v) is 7.44. The maximum absolute atomic E-state index is 12.7. The molecular formula is C22H21N3O2S. The van der Waals surface area contributed by atoms with Gasteiger partial charge in [0.2, 0.25) is 0 Å². The highest BCUT2D eigenvalue weighted by molar-refractivity contribution is 7.12. The molecule has 0 fully saturated rings. The number of pyridine rings is 1. The lowest BCUT2D eigenvalue weighted by molar-refractivity contribution is 0.0957. The van der Waals surface area contributed by atoms with Crippen LogP contribution in [0.1, 0.15) is 26.4 Å². The molecule has 0 aliphatic rings. The summed E-state index contributed by atoms with van der Waals surface area (Å²) in [5.41, 5.74) is 4.21. The summed E-state index contributed by atoms with van der Waals surface area (Å²) in [5, 5.41) is 6.11. The minimum atomic E-state index is -0.0211. The van der Waals surface area contributed by atoms with Crippen molar-refractivity contribution in [1.82, 2.24) is 15.3 Å². The fraction of sp³-hybridized carbons (Fsp3) is 0.182. The van der Waals surface area contributed by atoms with Crippen LogP contribution in [0.25, 0.3) is 11.0 Å². The number of nitrogens with one attached hydrogen (secondary N) is 2. The van der Waals surface area contributed by atoms with Gasteiger partial charge in [0, 0.05) is 24.3 Å². The summed E-state index contributed by atoms with van der Waals surface area (Å²) in [7, 11) is 1.66. The zero-order valence-electron chi connectivity index (χ0n) is 15.6. The first kappa shape index (κ1) is 18.3. The third kappa shape index (κ3) is 3.92. The molecule has 142 valence electrons. The Bertz CT molecular complexity index is 1100. The Morgan fingerprint density at radius 3 is 3.04 bits per heavy atom. The van der Waals surface area contributed by atoms with E-state index in [1.165, 1.54) is 11.3 Å². The standard InChI is InChI=1S/C22H21N3O2S/c1-27-18-4-2-3-15(13-18)5-9-25-22(26)20-17(8-12-28-20)14-16-6-10-23-21-19(16)7-11-24-21/h2-4,6-8,10-13H,5,9,14H2,1H3,(H,23,24)(H,25,26). The van der Waals surface area contributed by atoms with Gasteiger partial charge in [-0.3, -0.25) is 4.79 Å². The van der Waals surface area contributed by atoms with E-state index in [4.69, 9.17) is 4.74 Å². The van der Waals surface area contributed by atoms with Gasteiger partial charge >= 0.3 is 0 Å². The Labute approximate surface area is 167 Å². The van der Waals surface area contributed by atoms with Crippen LogP contribution in [-0.2, 0) is 12.8 Å². The number of nitrogens with zero attached hydrogens (tertiary/aromatic N) is 1. The number of amides is 1. The van der Waals surface area contributed by atoms with E-state index in [-0.39, 0.29) is 5.91 Å². The minimum absolute atomic E-state index is 0.0211. The molecule has 0 bridgehead atoms. The first-order chi connectivity index (χ1) is 13.7. The second-order valence-electron chi connectivity index (χ2n) is 6.52. The summed E-state index contributed by atoms with van der Waals surface area (Å²) in [5.74, 6) is 0.810. The Hall–Kier alpha value is -3.12. The molecule has 0 spiro atoms. The van der Waals surface area contributed by atoms with Crippen molar-refractivity contribution in [1.29, 1.82) is 0 Å². The maximum atomic E-state index is 12.7. The molecule has 4 rings (SSSR count). The average Bonchev–Trinajstić information content (AvgIpc) is 3.38. The number of aromatic nitrogens is 2. The van der Waals surface area contributed by atoms with Gasteiger partial charge in [-0.25, -0.2) is 4.98 Å². The molecule has 0 saturated carbocycles. The number of carbonyl (C=O) groups excluding carboxylic acids is 1. The average molecular weight is 391 g/mol. The number of aromatic amines is 1. The summed E-state index contributed by atoms with van der Waals surface area (Å²) in [6, 6.07) is 14.0. The van der Waals surface area contributed by atoms with E-state index in [9.17, 15) is 4.79 Å².